The van der Waals surface area contributed by atoms with Crippen molar-refractivity contribution in [1.29, 1.82) is 5.26 Å². The third-order valence-corrected chi connectivity index (χ3v) is 3.00. The summed E-state index contributed by atoms with van der Waals surface area (Å²) in [5.74, 6) is -0.348. The summed E-state index contributed by atoms with van der Waals surface area (Å²) in [6.07, 6.45) is 1.30. The van der Waals surface area contributed by atoms with Crippen molar-refractivity contribution in [3.63, 3.8) is 0 Å². The quantitative estimate of drug-likeness (QED) is 0.764. The topological polar surface area (TPSA) is 23.8 Å². The minimum absolute atomic E-state index is 0.348. The lowest BCUT2D eigenvalue weighted by molar-refractivity contribution is 0.422. The molecule has 0 amide bonds. The van der Waals surface area contributed by atoms with E-state index in [1.165, 1.54) is 12.1 Å². The van der Waals surface area contributed by atoms with Gasteiger partial charge in [-0.3, -0.25) is 0 Å². The van der Waals surface area contributed by atoms with Gasteiger partial charge in [0.25, 0.3) is 0 Å². The number of hydrogen-bond acceptors (Lipinski definition) is 1. The molecule has 0 radical (unpaired) electrons. The first-order chi connectivity index (χ1) is 7.00. The summed E-state index contributed by atoms with van der Waals surface area (Å²) in [5, 5.41) is 9.42. The lowest BCUT2D eigenvalue weighted by Gasteiger charge is -2.19. The van der Waals surface area contributed by atoms with Gasteiger partial charge < -0.3 is 0 Å². The van der Waals surface area contributed by atoms with Crippen LogP contribution in [0.3, 0.4) is 0 Å². The average Bonchev–Trinajstić information content (AvgIpc) is 2.22. The second-order valence-corrected chi connectivity index (χ2v) is 4.35. The van der Waals surface area contributed by atoms with Gasteiger partial charge in [0.15, 0.2) is 0 Å². The zero-order chi connectivity index (χ0) is 11.5. The highest BCUT2D eigenvalue weighted by Gasteiger charge is 2.23. The highest BCUT2D eigenvalue weighted by molar-refractivity contribution is 6.31. The minimum atomic E-state index is -0.429. The van der Waals surface area contributed by atoms with Gasteiger partial charge in [-0.2, -0.15) is 5.26 Å². The second-order valence-electron chi connectivity index (χ2n) is 3.94. The Kier molecular flexibility index (Phi) is 3.71. The summed E-state index contributed by atoms with van der Waals surface area (Å²) in [6.45, 7) is 3.84. The smallest absolute Gasteiger partial charge is 0.124 e. The molecule has 1 aromatic rings. The van der Waals surface area contributed by atoms with Crippen LogP contribution in [0.4, 0.5) is 4.39 Å². The molecule has 1 aromatic carbocycles. The maximum absolute atomic E-state index is 12.8. The molecule has 1 atom stereocenters. The van der Waals surface area contributed by atoms with E-state index < -0.39 is 5.41 Å². The monoisotopic (exact) mass is 225 g/mol. The summed E-state index contributed by atoms with van der Waals surface area (Å²) in [4.78, 5) is 0. The molecule has 0 saturated carbocycles. The van der Waals surface area contributed by atoms with Crippen LogP contribution in [-0.2, 0) is 6.42 Å². The van der Waals surface area contributed by atoms with Crippen LogP contribution in [0.5, 0.6) is 0 Å². The zero-order valence-corrected chi connectivity index (χ0v) is 9.61. The lowest BCUT2D eigenvalue weighted by atomic mass is 9.83. The largest absolute Gasteiger partial charge is 0.207 e. The van der Waals surface area contributed by atoms with Crippen molar-refractivity contribution in [3.8, 4) is 6.07 Å². The van der Waals surface area contributed by atoms with Crippen molar-refractivity contribution in [2.24, 2.45) is 5.41 Å². The molecule has 0 aromatic heterocycles. The van der Waals surface area contributed by atoms with E-state index in [0.717, 1.165) is 12.0 Å². The van der Waals surface area contributed by atoms with Gasteiger partial charge in [0, 0.05) is 5.02 Å². The van der Waals surface area contributed by atoms with E-state index in [9.17, 15) is 4.39 Å². The van der Waals surface area contributed by atoms with Crippen LogP contribution in [0.15, 0.2) is 18.2 Å². The summed E-state index contributed by atoms with van der Waals surface area (Å²) < 4.78 is 12.8. The highest BCUT2D eigenvalue weighted by Crippen LogP contribution is 2.29. The van der Waals surface area contributed by atoms with Crippen molar-refractivity contribution in [2.75, 3.05) is 0 Å². The van der Waals surface area contributed by atoms with Gasteiger partial charge in [-0.05, 0) is 37.5 Å². The molecule has 0 fully saturated rings. The molecule has 0 bridgehead atoms. The van der Waals surface area contributed by atoms with Crippen molar-refractivity contribution in [1.82, 2.24) is 0 Å². The van der Waals surface area contributed by atoms with Gasteiger partial charge in [0.2, 0.25) is 0 Å². The van der Waals surface area contributed by atoms with E-state index in [0.29, 0.717) is 11.4 Å². The molecule has 15 heavy (non-hydrogen) atoms. The van der Waals surface area contributed by atoms with Crippen molar-refractivity contribution >= 4 is 11.6 Å². The molecule has 0 heterocycles. The Labute approximate surface area is 94.5 Å². The molecule has 80 valence electrons. The van der Waals surface area contributed by atoms with Crippen LogP contribution in [-0.4, -0.2) is 0 Å². The fourth-order valence-electron chi connectivity index (χ4n) is 1.33. The van der Waals surface area contributed by atoms with E-state index in [-0.39, 0.29) is 5.82 Å². The molecule has 1 rings (SSSR count). The van der Waals surface area contributed by atoms with Gasteiger partial charge in [0.05, 0.1) is 11.5 Å². The summed E-state index contributed by atoms with van der Waals surface area (Å²) in [5.41, 5.74) is 0.394. The normalized spacial score (nSPS) is 14.3. The van der Waals surface area contributed by atoms with Gasteiger partial charge in [-0.1, -0.05) is 24.6 Å². The van der Waals surface area contributed by atoms with Crippen LogP contribution in [0.25, 0.3) is 0 Å². The maximum Gasteiger partial charge on any atom is 0.124 e. The third-order valence-electron chi connectivity index (χ3n) is 2.65. The Balaban J connectivity index is 2.95. The summed E-state index contributed by atoms with van der Waals surface area (Å²) in [6, 6.07) is 6.56. The molecule has 3 heteroatoms. The first-order valence-corrected chi connectivity index (χ1v) is 5.24. The Morgan fingerprint density at radius 2 is 2.20 bits per heavy atom. The first-order valence-electron chi connectivity index (χ1n) is 4.86. The fraction of sp³-hybridized carbons (Fsp3) is 0.417. The number of nitrogens with zero attached hydrogens (tertiary/aromatic N) is 1. The van der Waals surface area contributed by atoms with Crippen LogP contribution >= 0.6 is 11.6 Å². The predicted molar refractivity (Wildman–Crippen MR) is 59.1 cm³/mol. The summed E-state index contributed by atoms with van der Waals surface area (Å²) >= 11 is 5.90. The lowest BCUT2D eigenvalue weighted by Crippen LogP contribution is -2.16. The first kappa shape index (κ1) is 12.0. The van der Waals surface area contributed by atoms with Crippen LogP contribution < -0.4 is 0 Å². The van der Waals surface area contributed by atoms with E-state index in [4.69, 9.17) is 16.9 Å². The van der Waals surface area contributed by atoms with Crippen molar-refractivity contribution < 1.29 is 4.39 Å². The maximum atomic E-state index is 12.8. The Morgan fingerprint density at radius 3 is 2.67 bits per heavy atom. The molecular weight excluding hydrogens is 213 g/mol. The Morgan fingerprint density at radius 1 is 1.53 bits per heavy atom. The minimum Gasteiger partial charge on any atom is -0.207 e. The zero-order valence-electron chi connectivity index (χ0n) is 8.85. The molecular formula is C12H13ClFN. The van der Waals surface area contributed by atoms with Crippen molar-refractivity contribution in [3.05, 3.63) is 34.6 Å². The fourth-order valence-corrected chi connectivity index (χ4v) is 1.56. The van der Waals surface area contributed by atoms with Crippen molar-refractivity contribution in [2.45, 2.75) is 26.7 Å². The van der Waals surface area contributed by atoms with Crippen LogP contribution in [0, 0.1) is 22.6 Å². The molecule has 0 spiro atoms. The molecule has 1 nitrogen and oxygen atoms in total. The predicted octanol–water partition coefficient (Wildman–Crippen LogP) is 3.96. The highest BCUT2D eigenvalue weighted by atomic mass is 35.5. The van der Waals surface area contributed by atoms with E-state index in [2.05, 4.69) is 6.07 Å². The standard InChI is InChI=1S/C12H13ClFN/c1-3-12(2,8-15)7-9-4-5-10(14)6-11(9)13/h4-6H,3,7H2,1-2H3. The van der Waals surface area contributed by atoms with E-state index in [1.807, 2.05) is 13.8 Å². The van der Waals surface area contributed by atoms with Gasteiger partial charge in [-0.15, -0.1) is 0 Å². The number of halogens is 2. The SMILES string of the molecule is CCC(C)(C#N)Cc1ccc(F)cc1Cl. The number of hydrogen-bond donors (Lipinski definition) is 0. The molecule has 0 N–H and O–H groups in total. The average molecular weight is 226 g/mol. The molecule has 1 unspecified atom stereocenters. The Hall–Kier alpha value is -1.07. The van der Waals surface area contributed by atoms with Gasteiger partial charge in [-0.25, -0.2) is 4.39 Å². The molecule has 0 aliphatic rings. The third kappa shape index (κ3) is 2.94. The van der Waals surface area contributed by atoms with Crippen LogP contribution in [0.1, 0.15) is 25.8 Å². The molecule has 0 aliphatic carbocycles. The number of benzene rings is 1. The summed E-state index contributed by atoms with van der Waals surface area (Å²) in [7, 11) is 0. The van der Waals surface area contributed by atoms with E-state index >= 15 is 0 Å². The van der Waals surface area contributed by atoms with Crippen LogP contribution in [0.2, 0.25) is 5.02 Å². The van der Waals surface area contributed by atoms with E-state index in [1.54, 1.807) is 6.07 Å². The second kappa shape index (κ2) is 4.63. The Bertz CT molecular complexity index is 397. The van der Waals surface area contributed by atoms with Gasteiger partial charge >= 0.3 is 0 Å². The molecule has 0 saturated heterocycles. The molecule has 0 aliphatic heterocycles. The van der Waals surface area contributed by atoms with Gasteiger partial charge in [0.1, 0.15) is 5.82 Å². The number of rotatable bonds is 3. The number of nitriles is 1.